The number of carbonyl (C=O) groups excluding carboxylic acids is 1. The summed E-state index contributed by atoms with van der Waals surface area (Å²) in [4.78, 5) is 12.1. The molecule has 0 amide bonds. The van der Waals surface area contributed by atoms with Crippen molar-refractivity contribution in [3.05, 3.63) is 100 Å². The first-order chi connectivity index (χ1) is 14.8. The van der Waals surface area contributed by atoms with Gasteiger partial charge in [-0.3, -0.25) is 0 Å². The van der Waals surface area contributed by atoms with E-state index in [-0.39, 0.29) is 5.69 Å². The van der Waals surface area contributed by atoms with Crippen molar-refractivity contribution in [2.24, 2.45) is 0 Å². The quantitative estimate of drug-likeness (QED) is 0.329. The molecule has 0 bridgehead atoms. The molecule has 0 spiro atoms. The van der Waals surface area contributed by atoms with Crippen molar-refractivity contribution in [1.82, 2.24) is 4.57 Å². The standard InChI is InChI=1S/C24H17ClF3NO2/c1-31-23(30)19-14-18(25)8-7-16(19)12-15-6-9-21-17(13-15)10-11-29(21)22-5-3-2-4-20(22)24(26,27)28/h2-11,13-14H,12H2,1H3. The highest BCUT2D eigenvalue weighted by Crippen LogP contribution is 2.35. The summed E-state index contributed by atoms with van der Waals surface area (Å²) in [6.45, 7) is 0. The number of esters is 1. The highest BCUT2D eigenvalue weighted by atomic mass is 35.5. The second-order valence-electron chi connectivity index (χ2n) is 7.06. The lowest BCUT2D eigenvalue weighted by atomic mass is 9.99. The van der Waals surface area contributed by atoms with E-state index in [0.29, 0.717) is 22.5 Å². The highest BCUT2D eigenvalue weighted by molar-refractivity contribution is 6.31. The zero-order chi connectivity index (χ0) is 22.2. The van der Waals surface area contributed by atoms with Crippen molar-refractivity contribution in [3.63, 3.8) is 0 Å². The number of ether oxygens (including phenoxy) is 1. The largest absolute Gasteiger partial charge is 0.465 e. The summed E-state index contributed by atoms with van der Waals surface area (Å²) < 4.78 is 46.7. The molecule has 3 nitrogen and oxygen atoms in total. The average Bonchev–Trinajstić information content (AvgIpc) is 3.17. The summed E-state index contributed by atoms with van der Waals surface area (Å²) in [5.74, 6) is -0.478. The Morgan fingerprint density at radius 3 is 2.55 bits per heavy atom. The van der Waals surface area contributed by atoms with E-state index < -0.39 is 17.7 Å². The topological polar surface area (TPSA) is 31.2 Å². The predicted molar refractivity (Wildman–Crippen MR) is 114 cm³/mol. The Kier molecular flexibility index (Phi) is 5.50. The van der Waals surface area contributed by atoms with E-state index in [9.17, 15) is 18.0 Å². The van der Waals surface area contributed by atoms with Gasteiger partial charge in [0.25, 0.3) is 0 Å². The predicted octanol–water partition coefficient (Wildman–Crippen LogP) is 6.68. The number of carbonyl (C=O) groups is 1. The van der Waals surface area contributed by atoms with Crippen LogP contribution in [0.15, 0.2) is 72.9 Å². The van der Waals surface area contributed by atoms with E-state index in [2.05, 4.69) is 0 Å². The number of benzene rings is 3. The summed E-state index contributed by atoms with van der Waals surface area (Å²) in [5, 5.41) is 1.23. The van der Waals surface area contributed by atoms with E-state index in [0.717, 1.165) is 22.6 Å². The van der Waals surface area contributed by atoms with Crippen LogP contribution in [0.1, 0.15) is 27.0 Å². The SMILES string of the molecule is COC(=O)c1cc(Cl)ccc1Cc1ccc2c(ccn2-c2ccccc2C(F)(F)F)c1. The average molecular weight is 444 g/mol. The summed E-state index contributed by atoms with van der Waals surface area (Å²) >= 11 is 6.01. The Hall–Kier alpha value is -3.25. The van der Waals surface area contributed by atoms with Gasteiger partial charge in [-0.2, -0.15) is 13.2 Å². The number of fused-ring (bicyclic) bond motifs is 1. The highest BCUT2D eigenvalue weighted by Gasteiger charge is 2.33. The number of hydrogen-bond acceptors (Lipinski definition) is 2. The molecule has 3 aromatic carbocycles. The van der Waals surface area contributed by atoms with Gasteiger partial charge < -0.3 is 9.30 Å². The fourth-order valence-corrected chi connectivity index (χ4v) is 3.83. The van der Waals surface area contributed by atoms with Crippen LogP contribution in [-0.2, 0) is 17.3 Å². The molecule has 0 aliphatic rings. The minimum Gasteiger partial charge on any atom is -0.465 e. The molecular formula is C24H17ClF3NO2. The number of alkyl halides is 3. The van der Waals surface area contributed by atoms with Gasteiger partial charge in [0, 0.05) is 16.6 Å². The zero-order valence-electron chi connectivity index (χ0n) is 16.4. The van der Waals surface area contributed by atoms with Gasteiger partial charge >= 0.3 is 12.1 Å². The van der Waals surface area contributed by atoms with E-state index in [1.165, 1.54) is 23.8 Å². The Morgan fingerprint density at radius 2 is 1.81 bits per heavy atom. The van der Waals surface area contributed by atoms with Crippen LogP contribution in [0.2, 0.25) is 5.02 Å². The molecule has 0 saturated heterocycles. The van der Waals surface area contributed by atoms with Crippen LogP contribution in [0.5, 0.6) is 0 Å². The molecular weight excluding hydrogens is 427 g/mol. The third-order valence-corrected chi connectivity index (χ3v) is 5.33. The Morgan fingerprint density at radius 1 is 1.03 bits per heavy atom. The number of halogens is 4. The van der Waals surface area contributed by atoms with E-state index in [4.69, 9.17) is 16.3 Å². The van der Waals surface area contributed by atoms with E-state index in [1.807, 2.05) is 12.1 Å². The lowest BCUT2D eigenvalue weighted by molar-refractivity contribution is -0.137. The maximum absolute atomic E-state index is 13.4. The van der Waals surface area contributed by atoms with Gasteiger partial charge in [0.15, 0.2) is 0 Å². The fourth-order valence-electron chi connectivity index (χ4n) is 3.66. The van der Waals surface area contributed by atoms with Crippen LogP contribution >= 0.6 is 11.6 Å². The molecule has 0 N–H and O–H groups in total. The zero-order valence-corrected chi connectivity index (χ0v) is 17.2. The van der Waals surface area contributed by atoms with E-state index >= 15 is 0 Å². The van der Waals surface area contributed by atoms with Crippen molar-refractivity contribution in [2.75, 3.05) is 7.11 Å². The second-order valence-corrected chi connectivity index (χ2v) is 7.50. The summed E-state index contributed by atoms with van der Waals surface area (Å²) in [6, 6.07) is 17.8. The molecule has 158 valence electrons. The Labute approximate surface area is 181 Å². The molecule has 0 aliphatic heterocycles. The maximum atomic E-state index is 13.4. The number of aromatic nitrogens is 1. The van der Waals surface area contributed by atoms with Crippen LogP contribution in [0.3, 0.4) is 0 Å². The lowest BCUT2D eigenvalue weighted by Crippen LogP contribution is -2.10. The Balaban J connectivity index is 1.73. The first-order valence-corrected chi connectivity index (χ1v) is 9.79. The van der Waals surface area contributed by atoms with Crippen molar-refractivity contribution >= 4 is 28.5 Å². The van der Waals surface area contributed by atoms with Crippen LogP contribution in [0, 0.1) is 0 Å². The van der Waals surface area contributed by atoms with Gasteiger partial charge in [-0.15, -0.1) is 0 Å². The molecule has 7 heteroatoms. The molecule has 0 radical (unpaired) electrons. The number of hydrogen-bond donors (Lipinski definition) is 0. The third kappa shape index (κ3) is 4.16. The molecule has 4 rings (SSSR count). The first kappa shape index (κ1) is 21.0. The molecule has 1 heterocycles. The second kappa shape index (κ2) is 8.12. The molecule has 0 aliphatic carbocycles. The molecule has 0 unspecified atom stereocenters. The monoisotopic (exact) mass is 443 g/mol. The van der Waals surface area contributed by atoms with Crippen molar-refractivity contribution in [1.29, 1.82) is 0 Å². The summed E-state index contributed by atoms with van der Waals surface area (Å²) in [5.41, 5.74) is 2.07. The van der Waals surface area contributed by atoms with Gasteiger partial charge in [0.2, 0.25) is 0 Å². The fraction of sp³-hybridized carbons (Fsp3) is 0.125. The number of rotatable bonds is 4. The number of nitrogens with zero attached hydrogens (tertiary/aromatic N) is 1. The van der Waals surface area contributed by atoms with Crippen LogP contribution in [0.4, 0.5) is 13.2 Å². The van der Waals surface area contributed by atoms with Gasteiger partial charge in [0.1, 0.15) is 0 Å². The van der Waals surface area contributed by atoms with Gasteiger partial charge in [-0.25, -0.2) is 4.79 Å². The van der Waals surface area contributed by atoms with Crippen molar-refractivity contribution in [3.8, 4) is 5.69 Å². The van der Waals surface area contributed by atoms with Crippen molar-refractivity contribution < 1.29 is 22.7 Å². The van der Waals surface area contributed by atoms with E-state index in [1.54, 1.807) is 42.6 Å². The molecule has 0 atom stereocenters. The first-order valence-electron chi connectivity index (χ1n) is 9.41. The smallest absolute Gasteiger partial charge is 0.418 e. The summed E-state index contributed by atoms with van der Waals surface area (Å²) in [6.07, 6.45) is -2.38. The lowest BCUT2D eigenvalue weighted by Gasteiger charge is -2.14. The van der Waals surface area contributed by atoms with Crippen LogP contribution in [-0.4, -0.2) is 17.6 Å². The number of para-hydroxylation sites is 1. The van der Waals surface area contributed by atoms with Crippen molar-refractivity contribution in [2.45, 2.75) is 12.6 Å². The minimum atomic E-state index is -4.45. The molecule has 4 aromatic rings. The summed E-state index contributed by atoms with van der Waals surface area (Å²) in [7, 11) is 1.31. The Bertz CT molecular complexity index is 1280. The van der Waals surface area contributed by atoms with Gasteiger partial charge in [-0.1, -0.05) is 35.9 Å². The van der Waals surface area contributed by atoms with Crippen LogP contribution in [0.25, 0.3) is 16.6 Å². The molecule has 31 heavy (non-hydrogen) atoms. The van der Waals surface area contributed by atoms with Gasteiger partial charge in [0.05, 0.1) is 29.4 Å². The molecule has 0 saturated carbocycles. The van der Waals surface area contributed by atoms with Crippen LogP contribution < -0.4 is 0 Å². The maximum Gasteiger partial charge on any atom is 0.418 e. The third-order valence-electron chi connectivity index (χ3n) is 5.10. The minimum absolute atomic E-state index is 0.0726. The van der Waals surface area contributed by atoms with Gasteiger partial charge in [-0.05, 0) is 60.0 Å². The molecule has 0 fully saturated rings. The normalized spacial score (nSPS) is 11.6. The molecule has 1 aromatic heterocycles. The number of methoxy groups -OCH3 is 1.